The van der Waals surface area contributed by atoms with Crippen LogP contribution in [-0.2, 0) is 29.7 Å². The summed E-state index contributed by atoms with van der Waals surface area (Å²) in [6.07, 6.45) is 1.44. The average Bonchev–Trinajstić information content (AvgIpc) is 3.43. The molecule has 3 N–H and O–H groups in total. The largest absolute Gasteiger partial charge is 0.494 e. The number of carbonyl (C=O) groups excluding carboxylic acids is 4. The van der Waals surface area contributed by atoms with Crippen molar-refractivity contribution in [2.75, 3.05) is 63.0 Å². The topological polar surface area (TPSA) is 185 Å². The number of rotatable bonds is 12. The predicted molar refractivity (Wildman–Crippen MR) is 205 cm³/mol. The molecule has 0 aliphatic carbocycles. The Kier molecular flexibility index (Phi) is 11.1. The van der Waals surface area contributed by atoms with Crippen molar-refractivity contribution >= 4 is 77.0 Å². The van der Waals surface area contributed by atoms with Crippen molar-refractivity contribution < 1.29 is 41.9 Å². The van der Waals surface area contributed by atoms with Crippen LogP contribution in [0.4, 0.5) is 33.2 Å². The maximum atomic E-state index is 15.3. The Hall–Kier alpha value is -5.45. The maximum absolute atomic E-state index is 15.3. The molecule has 0 bridgehead atoms. The minimum absolute atomic E-state index is 0.00398. The second-order valence-corrected chi connectivity index (χ2v) is 15.7. The number of nitrogens with zero attached hydrogens (tertiary/aromatic N) is 5. The first kappa shape index (κ1) is 38.8. The maximum Gasteiger partial charge on any atom is 0.362 e. The summed E-state index contributed by atoms with van der Waals surface area (Å²) in [7, 11) is 0.555. The fourth-order valence-electron chi connectivity index (χ4n) is 6.89. The van der Waals surface area contributed by atoms with Gasteiger partial charge in [-0.05, 0) is 42.8 Å². The first-order valence-corrected chi connectivity index (χ1v) is 19.4. The lowest BCUT2D eigenvalue weighted by molar-refractivity contribution is -0.136. The van der Waals surface area contributed by atoms with Gasteiger partial charge in [0.05, 0.1) is 41.1 Å². The van der Waals surface area contributed by atoms with E-state index in [0.717, 1.165) is 16.7 Å². The van der Waals surface area contributed by atoms with Gasteiger partial charge in [-0.3, -0.25) is 38.9 Å². The number of carbonyl (C=O) groups is 4. The second kappa shape index (κ2) is 16.0. The Bertz CT molecular complexity index is 2280. The number of anilines is 5. The van der Waals surface area contributed by atoms with E-state index in [9.17, 15) is 23.7 Å². The van der Waals surface area contributed by atoms with Gasteiger partial charge in [0.15, 0.2) is 5.82 Å². The SMILES string of the molecule is COc1cc(N2CCN(Cc3cc4c(cc3F)C(=O)N(C3CCC(=O)NC3=O)C4=O)CC2)ccc1Nc1ncc(Cl)c(Nc2ccccc2P(=O)(OC)OC)n1. The van der Waals surface area contributed by atoms with Crippen molar-refractivity contribution in [1.82, 2.24) is 25.1 Å². The fraction of sp³-hybridized carbons (Fsp3) is 0.297. The minimum Gasteiger partial charge on any atom is -0.494 e. The molecular weight excluding hydrogens is 770 g/mol. The van der Waals surface area contributed by atoms with Crippen LogP contribution in [0.25, 0.3) is 0 Å². The number of aromatic nitrogens is 2. The van der Waals surface area contributed by atoms with E-state index in [1.54, 1.807) is 31.4 Å². The lowest BCUT2D eigenvalue weighted by atomic mass is 10.0. The second-order valence-electron chi connectivity index (χ2n) is 13.1. The molecule has 4 aromatic rings. The molecule has 7 rings (SSSR count). The average molecular weight is 807 g/mol. The van der Waals surface area contributed by atoms with E-state index < -0.39 is 43.1 Å². The predicted octanol–water partition coefficient (Wildman–Crippen LogP) is 4.60. The number of benzene rings is 3. The van der Waals surface area contributed by atoms with E-state index in [1.807, 2.05) is 18.2 Å². The van der Waals surface area contributed by atoms with Crippen LogP contribution in [0, 0.1) is 5.82 Å². The zero-order valence-corrected chi connectivity index (χ0v) is 32.2. The van der Waals surface area contributed by atoms with Gasteiger partial charge in [0.25, 0.3) is 11.8 Å². The third-order valence-electron chi connectivity index (χ3n) is 9.85. The third-order valence-corrected chi connectivity index (χ3v) is 12.1. The van der Waals surface area contributed by atoms with E-state index >= 15 is 4.39 Å². The van der Waals surface area contributed by atoms with E-state index in [1.165, 1.54) is 26.5 Å². The van der Waals surface area contributed by atoms with Crippen LogP contribution in [0.2, 0.25) is 5.02 Å². The van der Waals surface area contributed by atoms with Gasteiger partial charge in [-0.15, -0.1) is 0 Å². The number of piperidine rings is 1. The molecule has 292 valence electrons. The number of piperazine rings is 1. The highest BCUT2D eigenvalue weighted by molar-refractivity contribution is 7.62. The fourth-order valence-corrected chi connectivity index (χ4v) is 8.27. The lowest BCUT2D eigenvalue weighted by Gasteiger charge is -2.36. The molecule has 3 aliphatic rings. The monoisotopic (exact) mass is 806 g/mol. The normalized spacial score (nSPS) is 17.6. The Labute approximate surface area is 325 Å². The highest BCUT2D eigenvalue weighted by Gasteiger charge is 2.45. The van der Waals surface area contributed by atoms with Gasteiger partial charge in [-0.2, -0.15) is 4.98 Å². The zero-order chi connectivity index (χ0) is 39.7. The molecule has 0 radical (unpaired) electrons. The summed E-state index contributed by atoms with van der Waals surface area (Å²) in [4.78, 5) is 64.2. The molecule has 4 amide bonds. The van der Waals surface area contributed by atoms with Crippen molar-refractivity contribution in [3.63, 3.8) is 0 Å². The summed E-state index contributed by atoms with van der Waals surface area (Å²) in [5.41, 5.74) is 2.11. The van der Waals surface area contributed by atoms with Crippen LogP contribution in [0.5, 0.6) is 5.75 Å². The van der Waals surface area contributed by atoms with Crippen molar-refractivity contribution in [2.45, 2.75) is 25.4 Å². The molecule has 2 saturated heterocycles. The van der Waals surface area contributed by atoms with Crippen LogP contribution < -0.4 is 30.9 Å². The van der Waals surface area contributed by atoms with Gasteiger partial charge in [0.2, 0.25) is 17.8 Å². The molecule has 16 nitrogen and oxygen atoms in total. The Morgan fingerprint density at radius 2 is 1.64 bits per heavy atom. The molecule has 1 aromatic heterocycles. The molecular formula is C37H37ClFN8O8P. The Morgan fingerprint density at radius 3 is 2.34 bits per heavy atom. The van der Waals surface area contributed by atoms with Gasteiger partial charge in [0, 0.05) is 70.7 Å². The Morgan fingerprint density at radius 1 is 0.929 bits per heavy atom. The van der Waals surface area contributed by atoms with Crippen LogP contribution in [0.15, 0.2) is 60.8 Å². The summed E-state index contributed by atoms with van der Waals surface area (Å²) in [5, 5.41) is 8.95. The summed E-state index contributed by atoms with van der Waals surface area (Å²) in [5.74, 6) is -2.26. The van der Waals surface area contributed by atoms with E-state index in [2.05, 4.69) is 35.7 Å². The number of nitrogens with one attached hydrogen (secondary N) is 3. The van der Waals surface area contributed by atoms with Crippen LogP contribution in [0.3, 0.4) is 0 Å². The highest BCUT2D eigenvalue weighted by atomic mass is 35.5. The number of ether oxygens (including phenoxy) is 1. The first-order chi connectivity index (χ1) is 26.9. The minimum atomic E-state index is -3.60. The molecule has 0 spiro atoms. The molecule has 0 saturated carbocycles. The molecule has 56 heavy (non-hydrogen) atoms. The van der Waals surface area contributed by atoms with E-state index in [4.69, 9.17) is 25.4 Å². The van der Waals surface area contributed by atoms with Gasteiger partial charge in [0.1, 0.15) is 22.6 Å². The number of hydrogen-bond acceptors (Lipinski definition) is 14. The number of amides is 4. The zero-order valence-electron chi connectivity index (χ0n) is 30.5. The standard InChI is InChI=1S/C37H37ClFN8O8P/c1-53-30-17-22(8-9-27(30)42-37-40-19-25(38)33(44-37)41-28-6-4-5-7-31(28)56(52,54-2)55-3)46-14-12-45(13-15-46)20-21-16-23-24(18-26(21)39)36(51)47(35(23)50)29-10-11-32(48)43-34(29)49/h4-9,16-19,29H,10-15,20H2,1-3H3,(H,43,48,49)(H2,40,41,42,44). The number of imide groups is 2. The quantitative estimate of drug-likeness (QED) is 0.133. The molecule has 19 heteroatoms. The van der Waals surface area contributed by atoms with Crippen LogP contribution in [-0.4, -0.2) is 96.9 Å². The number of para-hydroxylation sites is 1. The van der Waals surface area contributed by atoms with Gasteiger partial charge >= 0.3 is 7.60 Å². The molecule has 3 aromatic carbocycles. The van der Waals surface area contributed by atoms with Crippen LogP contribution in [0.1, 0.15) is 39.1 Å². The molecule has 1 atom stereocenters. The van der Waals surface area contributed by atoms with E-state index in [-0.39, 0.29) is 52.9 Å². The highest BCUT2D eigenvalue weighted by Crippen LogP contribution is 2.47. The summed E-state index contributed by atoms with van der Waals surface area (Å²) in [6, 6.07) is 13.8. The summed E-state index contributed by atoms with van der Waals surface area (Å²) < 4.78 is 44.6. The van der Waals surface area contributed by atoms with Crippen molar-refractivity contribution in [1.29, 1.82) is 0 Å². The smallest absolute Gasteiger partial charge is 0.362 e. The van der Waals surface area contributed by atoms with Crippen molar-refractivity contribution in [2.24, 2.45) is 0 Å². The van der Waals surface area contributed by atoms with Crippen molar-refractivity contribution in [3.05, 3.63) is 88.3 Å². The van der Waals surface area contributed by atoms with Gasteiger partial charge < -0.3 is 29.3 Å². The van der Waals surface area contributed by atoms with Crippen LogP contribution >= 0.6 is 19.2 Å². The molecule has 2 fully saturated rings. The summed E-state index contributed by atoms with van der Waals surface area (Å²) in [6.45, 7) is 2.59. The summed E-state index contributed by atoms with van der Waals surface area (Å²) >= 11 is 6.44. The number of fused-ring (bicyclic) bond motifs is 1. The van der Waals surface area contributed by atoms with Gasteiger partial charge in [-0.1, -0.05) is 23.7 Å². The Balaban J connectivity index is 0.997. The molecule has 1 unspecified atom stereocenters. The van der Waals surface area contributed by atoms with E-state index in [0.29, 0.717) is 48.6 Å². The first-order valence-electron chi connectivity index (χ1n) is 17.5. The number of methoxy groups -OCH3 is 1. The lowest BCUT2D eigenvalue weighted by Crippen LogP contribution is -2.54. The number of hydrogen-bond donors (Lipinski definition) is 3. The molecule has 3 aliphatic heterocycles. The third kappa shape index (κ3) is 7.55. The molecule has 4 heterocycles. The van der Waals surface area contributed by atoms with Gasteiger partial charge in [-0.25, -0.2) is 9.37 Å². The van der Waals surface area contributed by atoms with Crippen molar-refractivity contribution in [3.8, 4) is 5.75 Å². The number of halogens is 2.